The van der Waals surface area contributed by atoms with Gasteiger partial charge in [0.15, 0.2) is 5.96 Å². The highest BCUT2D eigenvalue weighted by Crippen LogP contribution is 2.08. The summed E-state index contributed by atoms with van der Waals surface area (Å²) in [6.07, 6.45) is 0. The minimum absolute atomic E-state index is 0.505. The minimum Gasteiger partial charge on any atom is -0.378 e. The average Bonchev–Trinajstić information content (AvgIpc) is 2.46. The molecular formula is C13H21N5O. The molecule has 19 heavy (non-hydrogen) atoms. The van der Waals surface area contributed by atoms with Crippen LogP contribution in [0, 0.1) is 0 Å². The maximum atomic E-state index is 5.98. The van der Waals surface area contributed by atoms with Crippen LogP contribution in [-0.4, -0.2) is 56.2 Å². The molecule has 1 aromatic heterocycles. The van der Waals surface area contributed by atoms with Gasteiger partial charge in [-0.3, -0.25) is 0 Å². The highest BCUT2D eigenvalue weighted by molar-refractivity contribution is 5.78. The normalized spacial score (nSPS) is 16.5. The van der Waals surface area contributed by atoms with Gasteiger partial charge in [-0.1, -0.05) is 6.07 Å². The largest absolute Gasteiger partial charge is 0.378 e. The van der Waals surface area contributed by atoms with Gasteiger partial charge in [0, 0.05) is 27.2 Å². The van der Waals surface area contributed by atoms with Crippen molar-refractivity contribution in [2.75, 3.05) is 45.3 Å². The summed E-state index contributed by atoms with van der Waals surface area (Å²) >= 11 is 0. The summed E-state index contributed by atoms with van der Waals surface area (Å²) in [7, 11) is 3.94. The van der Waals surface area contributed by atoms with Crippen LogP contribution >= 0.6 is 0 Å². The van der Waals surface area contributed by atoms with Crippen LogP contribution in [0.4, 0.5) is 5.82 Å². The summed E-state index contributed by atoms with van der Waals surface area (Å²) in [5, 5.41) is 0. The standard InChI is InChI=1S/C13H21N5O/c1-17(2)12-5-3-4-11(16-12)10-15-13(14)18-6-8-19-9-7-18/h3-5H,6-10H2,1-2H3,(H2,14,15). The molecule has 0 unspecified atom stereocenters. The van der Waals surface area contributed by atoms with E-state index in [1.165, 1.54) is 0 Å². The number of anilines is 1. The van der Waals surface area contributed by atoms with Gasteiger partial charge in [-0.15, -0.1) is 0 Å². The number of aromatic nitrogens is 1. The molecule has 0 aliphatic carbocycles. The lowest BCUT2D eigenvalue weighted by Gasteiger charge is -2.27. The molecular weight excluding hydrogens is 242 g/mol. The Kier molecular flexibility index (Phi) is 4.57. The van der Waals surface area contributed by atoms with Crippen molar-refractivity contribution in [1.82, 2.24) is 9.88 Å². The highest BCUT2D eigenvalue weighted by atomic mass is 16.5. The number of hydrogen-bond acceptors (Lipinski definition) is 4. The highest BCUT2D eigenvalue weighted by Gasteiger charge is 2.11. The number of nitrogens with zero attached hydrogens (tertiary/aromatic N) is 4. The molecule has 6 heteroatoms. The number of aliphatic imine (C=N–C) groups is 1. The van der Waals surface area contributed by atoms with Crippen LogP contribution in [-0.2, 0) is 11.3 Å². The second-order valence-corrected chi connectivity index (χ2v) is 4.66. The molecule has 6 nitrogen and oxygen atoms in total. The Hall–Kier alpha value is -1.82. The molecule has 1 aliphatic rings. The Balaban J connectivity index is 1.98. The van der Waals surface area contributed by atoms with Gasteiger partial charge >= 0.3 is 0 Å². The van der Waals surface area contributed by atoms with Crippen molar-refractivity contribution in [1.29, 1.82) is 0 Å². The van der Waals surface area contributed by atoms with E-state index in [1.807, 2.05) is 42.1 Å². The van der Waals surface area contributed by atoms with Gasteiger partial charge in [-0.25, -0.2) is 9.98 Å². The van der Waals surface area contributed by atoms with Crippen LogP contribution in [0.1, 0.15) is 5.69 Å². The third-order valence-corrected chi connectivity index (χ3v) is 2.99. The molecule has 0 radical (unpaired) electrons. The first-order valence-corrected chi connectivity index (χ1v) is 6.42. The molecule has 1 fully saturated rings. The third-order valence-electron chi connectivity index (χ3n) is 2.99. The summed E-state index contributed by atoms with van der Waals surface area (Å²) in [6, 6.07) is 5.92. The molecule has 0 amide bonds. The lowest BCUT2D eigenvalue weighted by molar-refractivity contribution is 0.0674. The monoisotopic (exact) mass is 263 g/mol. The number of rotatable bonds is 3. The Bertz CT molecular complexity index is 440. The van der Waals surface area contributed by atoms with Crippen molar-refractivity contribution in [2.45, 2.75) is 6.54 Å². The molecule has 2 N–H and O–H groups in total. The topological polar surface area (TPSA) is 67.0 Å². The number of guanidine groups is 1. The van der Waals surface area contributed by atoms with E-state index in [9.17, 15) is 0 Å². The summed E-state index contributed by atoms with van der Waals surface area (Å²) < 4.78 is 5.28. The SMILES string of the molecule is CN(C)c1cccc(CN=C(N)N2CCOCC2)n1. The molecule has 2 heterocycles. The van der Waals surface area contributed by atoms with Crippen molar-refractivity contribution in [2.24, 2.45) is 10.7 Å². The summed E-state index contributed by atoms with van der Waals surface area (Å²) in [5.74, 6) is 1.50. The van der Waals surface area contributed by atoms with Crippen LogP contribution in [0.2, 0.25) is 0 Å². The van der Waals surface area contributed by atoms with Gasteiger partial charge in [-0.05, 0) is 12.1 Å². The fourth-order valence-corrected chi connectivity index (χ4v) is 1.86. The summed E-state index contributed by atoms with van der Waals surface area (Å²) in [6.45, 7) is 3.54. The van der Waals surface area contributed by atoms with Gasteiger partial charge in [-0.2, -0.15) is 0 Å². The van der Waals surface area contributed by atoms with Crippen molar-refractivity contribution in [3.8, 4) is 0 Å². The van der Waals surface area contributed by atoms with E-state index < -0.39 is 0 Å². The molecule has 0 spiro atoms. The van der Waals surface area contributed by atoms with Gasteiger partial charge in [0.2, 0.25) is 0 Å². The van der Waals surface area contributed by atoms with E-state index in [0.29, 0.717) is 25.7 Å². The second kappa shape index (κ2) is 6.38. The Morgan fingerprint density at radius 2 is 2.16 bits per heavy atom. The van der Waals surface area contributed by atoms with Crippen molar-refractivity contribution >= 4 is 11.8 Å². The second-order valence-electron chi connectivity index (χ2n) is 4.66. The van der Waals surface area contributed by atoms with E-state index in [1.54, 1.807) is 0 Å². The molecule has 1 aromatic rings. The predicted octanol–water partition coefficient (Wildman–Crippen LogP) is 0.295. The molecule has 1 aliphatic heterocycles. The van der Waals surface area contributed by atoms with E-state index in [2.05, 4.69) is 9.98 Å². The molecule has 104 valence electrons. The summed E-state index contributed by atoms with van der Waals surface area (Å²) in [5.41, 5.74) is 6.90. The Morgan fingerprint density at radius 3 is 2.84 bits per heavy atom. The zero-order valence-corrected chi connectivity index (χ0v) is 11.5. The number of hydrogen-bond donors (Lipinski definition) is 1. The van der Waals surface area contributed by atoms with Crippen LogP contribution in [0.5, 0.6) is 0 Å². The quantitative estimate of drug-likeness (QED) is 0.627. The van der Waals surface area contributed by atoms with Crippen LogP contribution in [0.25, 0.3) is 0 Å². The zero-order valence-electron chi connectivity index (χ0n) is 11.5. The van der Waals surface area contributed by atoms with Crippen molar-refractivity contribution < 1.29 is 4.74 Å². The van der Waals surface area contributed by atoms with Crippen molar-refractivity contribution in [3.05, 3.63) is 23.9 Å². The van der Waals surface area contributed by atoms with Crippen LogP contribution in [0.15, 0.2) is 23.2 Å². The first-order chi connectivity index (χ1) is 9.16. The van der Waals surface area contributed by atoms with Gasteiger partial charge in [0.1, 0.15) is 5.82 Å². The van der Waals surface area contributed by atoms with Gasteiger partial charge in [0.05, 0.1) is 25.5 Å². The fraction of sp³-hybridized carbons (Fsp3) is 0.538. The van der Waals surface area contributed by atoms with Crippen molar-refractivity contribution in [3.63, 3.8) is 0 Å². The minimum atomic E-state index is 0.505. The number of ether oxygens (including phenoxy) is 1. The molecule has 0 aromatic carbocycles. The number of nitrogens with two attached hydrogens (primary N) is 1. The maximum Gasteiger partial charge on any atom is 0.191 e. The van der Waals surface area contributed by atoms with Crippen LogP contribution < -0.4 is 10.6 Å². The van der Waals surface area contributed by atoms with Gasteiger partial charge < -0.3 is 20.3 Å². The van der Waals surface area contributed by atoms with Crippen LogP contribution in [0.3, 0.4) is 0 Å². The molecule has 2 rings (SSSR count). The van der Waals surface area contributed by atoms with E-state index >= 15 is 0 Å². The number of pyridine rings is 1. The fourth-order valence-electron chi connectivity index (χ4n) is 1.86. The average molecular weight is 263 g/mol. The maximum absolute atomic E-state index is 5.98. The molecule has 0 bridgehead atoms. The van der Waals surface area contributed by atoms with E-state index in [4.69, 9.17) is 10.5 Å². The lowest BCUT2D eigenvalue weighted by Crippen LogP contribution is -2.44. The molecule has 0 saturated carbocycles. The predicted molar refractivity (Wildman–Crippen MR) is 76.3 cm³/mol. The summed E-state index contributed by atoms with van der Waals surface area (Å²) in [4.78, 5) is 12.9. The Morgan fingerprint density at radius 1 is 1.42 bits per heavy atom. The zero-order chi connectivity index (χ0) is 13.7. The van der Waals surface area contributed by atoms with Gasteiger partial charge in [0.25, 0.3) is 0 Å². The first-order valence-electron chi connectivity index (χ1n) is 6.42. The third kappa shape index (κ3) is 3.82. The number of morpholine rings is 1. The Labute approximate surface area is 113 Å². The first kappa shape index (κ1) is 13.6. The molecule has 0 atom stereocenters. The van der Waals surface area contributed by atoms with E-state index in [0.717, 1.165) is 24.6 Å². The smallest absolute Gasteiger partial charge is 0.191 e. The van der Waals surface area contributed by atoms with E-state index in [-0.39, 0.29) is 0 Å². The molecule has 1 saturated heterocycles. The lowest BCUT2D eigenvalue weighted by atomic mass is 10.3.